The minimum Gasteiger partial charge on any atom is -0.444 e. The van der Waals surface area contributed by atoms with E-state index in [2.05, 4.69) is 10.6 Å². The molecule has 0 aromatic heterocycles. The second kappa shape index (κ2) is 4.81. The Hall–Kier alpha value is -1.46. The van der Waals surface area contributed by atoms with Crippen LogP contribution < -0.4 is 10.6 Å². The largest absolute Gasteiger partial charge is 0.444 e. The van der Waals surface area contributed by atoms with Crippen LogP contribution in [-0.4, -0.2) is 36.5 Å². The van der Waals surface area contributed by atoms with Crippen LogP contribution in [0.15, 0.2) is 0 Å². The van der Waals surface area contributed by atoms with Crippen molar-refractivity contribution < 1.29 is 19.1 Å². The Kier molecular flexibility index (Phi) is 3.85. The average Bonchev–Trinajstić information content (AvgIpc) is 2.43. The van der Waals surface area contributed by atoms with Gasteiger partial charge in [-0.25, -0.2) is 9.59 Å². The molecule has 6 nitrogen and oxygen atoms in total. The molecule has 17 heavy (non-hydrogen) atoms. The van der Waals surface area contributed by atoms with Gasteiger partial charge >= 0.3 is 12.2 Å². The number of rotatable bonds is 3. The molecule has 1 saturated heterocycles. The topological polar surface area (TPSA) is 76.7 Å². The highest BCUT2D eigenvalue weighted by Gasteiger charge is 2.35. The van der Waals surface area contributed by atoms with Crippen molar-refractivity contribution in [2.45, 2.75) is 45.3 Å². The van der Waals surface area contributed by atoms with E-state index in [-0.39, 0.29) is 0 Å². The number of carbonyl (C=O) groups is 2. The molecule has 0 spiro atoms. The predicted octanol–water partition coefficient (Wildman–Crippen LogP) is 1.40. The molecule has 0 aromatic carbocycles. The van der Waals surface area contributed by atoms with Gasteiger partial charge in [0.15, 0.2) is 0 Å². The first-order chi connectivity index (χ1) is 7.70. The van der Waals surface area contributed by atoms with E-state index in [1.807, 2.05) is 6.92 Å². The van der Waals surface area contributed by atoms with E-state index in [9.17, 15) is 9.59 Å². The summed E-state index contributed by atoms with van der Waals surface area (Å²) in [5.41, 5.74) is -1.05. The second-order valence-corrected chi connectivity index (χ2v) is 5.37. The van der Waals surface area contributed by atoms with Crippen LogP contribution in [0.1, 0.15) is 34.1 Å². The summed E-state index contributed by atoms with van der Waals surface area (Å²) in [7, 11) is 0. The Bertz CT molecular complexity index is 311. The lowest BCUT2D eigenvalue weighted by Crippen LogP contribution is -2.37. The van der Waals surface area contributed by atoms with Crippen molar-refractivity contribution in [3.8, 4) is 0 Å². The summed E-state index contributed by atoms with van der Waals surface area (Å²) in [4.78, 5) is 22.2. The molecule has 98 valence electrons. The standard InChI is InChI=1S/C11H20N2O4/c1-10(2,3)16-8(14)12-6-5-11(4)7-13-9(15)17-11/h5-7H2,1-4H3,(H,12,14)(H,13,15). The van der Waals surface area contributed by atoms with Crippen molar-refractivity contribution in [2.75, 3.05) is 13.1 Å². The number of hydrogen-bond donors (Lipinski definition) is 2. The van der Waals surface area contributed by atoms with Crippen molar-refractivity contribution in [1.82, 2.24) is 10.6 Å². The number of ether oxygens (including phenoxy) is 2. The van der Waals surface area contributed by atoms with Crippen LogP contribution in [0.4, 0.5) is 9.59 Å². The summed E-state index contributed by atoms with van der Waals surface area (Å²) in [5.74, 6) is 0. The Balaban J connectivity index is 2.24. The zero-order valence-electron chi connectivity index (χ0n) is 10.8. The van der Waals surface area contributed by atoms with Crippen molar-refractivity contribution in [2.24, 2.45) is 0 Å². The average molecular weight is 244 g/mol. The normalized spacial score (nSPS) is 23.9. The molecule has 0 aromatic rings. The van der Waals surface area contributed by atoms with Gasteiger partial charge in [-0.05, 0) is 27.7 Å². The molecular weight excluding hydrogens is 224 g/mol. The van der Waals surface area contributed by atoms with Crippen LogP contribution in [0.3, 0.4) is 0 Å². The van der Waals surface area contributed by atoms with E-state index < -0.39 is 23.4 Å². The predicted molar refractivity (Wildman–Crippen MR) is 61.7 cm³/mol. The smallest absolute Gasteiger partial charge is 0.407 e. The molecular formula is C11H20N2O4. The van der Waals surface area contributed by atoms with Gasteiger partial charge in [0, 0.05) is 13.0 Å². The molecule has 1 rings (SSSR count). The lowest BCUT2D eigenvalue weighted by Gasteiger charge is -2.22. The van der Waals surface area contributed by atoms with E-state index in [1.54, 1.807) is 20.8 Å². The number of amides is 2. The maximum atomic E-state index is 11.3. The van der Waals surface area contributed by atoms with E-state index in [1.165, 1.54) is 0 Å². The maximum absolute atomic E-state index is 11.3. The van der Waals surface area contributed by atoms with E-state index >= 15 is 0 Å². The number of nitrogens with one attached hydrogen (secondary N) is 2. The second-order valence-electron chi connectivity index (χ2n) is 5.37. The van der Waals surface area contributed by atoms with Gasteiger partial charge < -0.3 is 20.1 Å². The van der Waals surface area contributed by atoms with Gasteiger partial charge in [0.25, 0.3) is 0 Å². The molecule has 1 fully saturated rings. The van der Waals surface area contributed by atoms with E-state index in [4.69, 9.17) is 9.47 Å². The third kappa shape index (κ3) is 4.93. The molecule has 1 unspecified atom stereocenters. The molecule has 1 heterocycles. The van der Waals surface area contributed by atoms with Gasteiger partial charge in [-0.3, -0.25) is 0 Å². The Morgan fingerprint density at radius 1 is 1.59 bits per heavy atom. The first kappa shape index (κ1) is 13.6. The zero-order chi connectivity index (χ0) is 13.1. The van der Waals surface area contributed by atoms with Gasteiger partial charge in [0.2, 0.25) is 0 Å². The molecule has 1 aliphatic rings. The molecule has 6 heteroatoms. The van der Waals surface area contributed by atoms with Crippen molar-refractivity contribution in [1.29, 1.82) is 0 Å². The highest BCUT2D eigenvalue weighted by molar-refractivity contribution is 5.70. The van der Waals surface area contributed by atoms with Gasteiger partial charge in [-0.2, -0.15) is 0 Å². The van der Waals surface area contributed by atoms with Gasteiger partial charge in [0.1, 0.15) is 11.2 Å². The number of cyclic esters (lactones) is 1. The first-order valence-corrected chi connectivity index (χ1v) is 5.64. The maximum Gasteiger partial charge on any atom is 0.407 e. The summed E-state index contributed by atoms with van der Waals surface area (Å²) < 4.78 is 10.2. The fraction of sp³-hybridized carbons (Fsp3) is 0.818. The fourth-order valence-electron chi connectivity index (χ4n) is 1.44. The Morgan fingerprint density at radius 2 is 2.24 bits per heavy atom. The fourth-order valence-corrected chi connectivity index (χ4v) is 1.44. The van der Waals surface area contributed by atoms with Crippen LogP contribution in [0, 0.1) is 0 Å². The number of alkyl carbamates (subject to hydrolysis) is 2. The third-order valence-electron chi connectivity index (χ3n) is 2.27. The molecule has 0 radical (unpaired) electrons. The minimum absolute atomic E-state index is 0.403. The number of carbonyl (C=O) groups excluding carboxylic acids is 2. The van der Waals surface area contributed by atoms with Crippen molar-refractivity contribution in [3.05, 3.63) is 0 Å². The number of hydrogen-bond acceptors (Lipinski definition) is 4. The lowest BCUT2D eigenvalue weighted by atomic mass is 10.0. The quantitative estimate of drug-likeness (QED) is 0.786. The first-order valence-electron chi connectivity index (χ1n) is 5.64. The summed E-state index contributed by atoms with van der Waals surface area (Å²) >= 11 is 0. The highest BCUT2D eigenvalue weighted by Crippen LogP contribution is 2.18. The van der Waals surface area contributed by atoms with Crippen molar-refractivity contribution in [3.63, 3.8) is 0 Å². The summed E-state index contributed by atoms with van der Waals surface area (Å²) in [6.07, 6.45) is -0.325. The monoisotopic (exact) mass is 244 g/mol. The van der Waals surface area contributed by atoms with Crippen molar-refractivity contribution >= 4 is 12.2 Å². The SMILES string of the molecule is CC(C)(C)OC(=O)NCCC1(C)CNC(=O)O1. The van der Waals surface area contributed by atoms with Gasteiger partial charge in [-0.1, -0.05) is 0 Å². The molecule has 0 bridgehead atoms. The van der Waals surface area contributed by atoms with Crippen LogP contribution in [-0.2, 0) is 9.47 Å². The lowest BCUT2D eigenvalue weighted by molar-refractivity contribution is 0.0475. The third-order valence-corrected chi connectivity index (χ3v) is 2.27. The van der Waals surface area contributed by atoms with Crippen LogP contribution in [0.2, 0.25) is 0 Å². The molecule has 0 aliphatic carbocycles. The summed E-state index contributed by atoms with van der Waals surface area (Å²) in [6, 6.07) is 0. The Labute approximate surface area is 101 Å². The minimum atomic E-state index is -0.550. The van der Waals surface area contributed by atoms with Gasteiger partial charge in [0.05, 0.1) is 6.54 Å². The summed E-state index contributed by atoms with van der Waals surface area (Å²) in [5, 5.41) is 5.21. The molecule has 0 saturated carbocycles. The molecule has 1 atom stereocenters. The molecule has 2 amide bonds. The molecule has 1 aliphatic heterocycles. The zero-order valence-corrected chi connectivity index (χ0v) is 10.8. The Morgan fingerprint density at radius 3 is 2.71 bits per heavy atom. The van der Waals surface area contributed by atoms with E-state index in [0.717, 1.165) is 0 Å². The van der Waals surface area contributed by atoms with Crippen LogP contribution >= 0.6 is 0 Å². The van der Waals surface area contributed by atoms with E-state index in [0.29, 0.717) is 19.5 Å². The van der Waals surface area contributed by atoms with Crippen LogP contribution in [0.5, 0.6) is 0 Å². The van der Waals surface area contributed by atoms with Gasteiger partial charge in [-0.15, -0.1) is 0 Å². The molecule has 2 N–H and O–H groups in total. The van der Waals surface area contributed by atoms with Crippen LogP contribution in [0.25, 0.3) is 0 Å². The highest BCUT2D eigenvalue weighted by atomic mass is 16.6. The summed E-state index contributed by atoms with van der Waals surface area (Å²) in [6.45, 7) is 8.09.